The van der Waals surface area contributed by atoms with Crippen LogP contribution in [0.15, 0.2) is 5.38 Å². The molecule has 2 unspecified atom stereocenters. The van der Waals surface area contributed by atoms with E-state index in [-0.39, 0.29) is 17.9 Å². The summed E-state index contributed by atoms with van der Waals surface area (Å²) in [6, 6.07) is 0. The highest BCUT2D eigenvalue weighted by Gasteiger charge is 2.27. The van der Waals surface area contributed by atoms with Gasteiger partial charge in [-0.1, -0.05) is 6.92 Å². The summed E-state index contributed by atoms with van der Waals surface area (Å²) < 4.78 is 0. The van der Waals surface area contributed by atoms with E-state index in [0.717, 1.165) is 5.69 Å². The number of nitrogens with two attached hydrogens (primary N) is 1. The molecule has 0 bridgehead atoms. The molecule has 2 heterocycles. The third-order valence-corrected chi connectivity index (χ3v) is 3.84. The van der Waals surface area contributed by atoms with Crippen LogP contribution in [-0.2, 0) is 11.2 Å². The Kier molecular flexibility index (Phi) is 3.63. The minimum atomic E-state index is -0.283. The van der Waals surface area contributed by atoms with Gasteiger partial charge in [0.05, 0.1) is 18.2 Å². The van der Waals surface area contributed by atoms with E-state index in [4.69, 9.17) is 5.73 Å². The molecule has 3 N–H and O–H groups in total. The Hall–Kier alpha value is -1.14. The quantitative estimate of drug-likeness (QED) is 0.806. The molecule has 0 radical (unpaired) electrons. The molecule has 1 amide bonds. The van der Waals surface area contributed by atoms with E-state index < -0.39 is 0 Å². The molecule has 0 aromatic carbocycles. The molecule has 1 aromatic heterocycles. The van der Waals surface area contributed by atoms with Crippen LogP contribution in [-0.4, -0.2) is 40.1 Å². The lowest BCUT2D eigenvalue weighted by molar-refractivity contribution is -0.134. The van der Waals surface area contributed by atoms with Crippen LogP contribution < -0.4 is 5.73 Å². The zero-order chi connectivity index (χ0) is 12.4. The summed E-state index contributed by atoms with van der Waals surface area (Å²) in [5.41, 5.74) is 6.26. The molecule has 1 aliphatic rings. The van der Waals surface area contributed by atoms with Crippen LogP contribution in [0.5, 0.6) is 0 Å². The fraction of sp³-hybridized carbons (Fsp3) is 0.636. The van der Waals surface area contributed by atoms with E-state index in [9.17, 15) is 9.90 Å². The van der Waals surface area contributed by atoms with Gasteiger partial charge in [0.1, 0.15) is 0 Å². The Morgan fingerprint density at radius 2 is 2.53 bits per heavy atom. The number of nitrogen functional groups attached to an aromatic ring is 1. The highest BCUT2D eigenvalue weighted by Crippen LogP contribution is 2.18. The summed E-state index contributed by atoms with van der Waals surface area (Å²) in [6.45, 7) is 3.22. The molecule has 94 valence electrons. The van der Waals surface area contributed by atoms with Gasteiger partial charge in [-0.05, 0) is 12.3 Å². The molecule has 0 aliphatic carbocycles. The maximum atomic E-state index is 12.0. The minimum Gasteiger partial charge on any atom is -0.393 e. The monoisotopic (exact) mass is 255 g/mol. The number of piperidine rings is 1. The predicted octanol–water partition coefficient (Wildman–Crippen LogP) is 0.497. The molecule has 0 spiro atoms. The first-order valence-corrected chi connectivity index (χ1v) is 6.60. The third kappa shape index (κ3) is 2.95. The van der Waals surface area contributed by atoms with Crippen molar-refractivity contribution >= 4 is 22.4 Å². The lowest BCUT2D eigenvalue weighted by atomic mass is 9.96. The highest BCUT2D eigenvalue weighted by molar-refractivity contribution is 7.13. The summed E-state index contributed by atoms with van der Waals surface area (Å²) >= 11 is 1.35. The summed E-state index contributed by atoms with van der Waals surface area (Å²) in [5, 5.41) is 11.9. The number of nitrogens with zero attached hydrogens (tertiary/aromatic N) is 2. The zero-order valence-corrected chi connectivity index (χ0v) is 10.6. The largest absolute Gasteiger partial charge is 0.393 e. The van der Waals surface area contributed by atoms with E-state index in [1.807, 2.05) is 12.3 Å². The second-order valence-electron chi connectivity index (χ2n) is 4.53. The number of carbonyl (C=O) groups is 1. The van der Waals surface area contributed by atoms with Gasteiger partial charge in [-0.3, -0.25) is 4.79 Å². The molecule has 1 aromatic rings. The Morgan fingerprint density at radius 3 is 3.12 bits per heavy atom. The van der Waals surface area contributed by atoms with Gasteiger partial charge in [-0.15, -0.1) is 11.3 Å². The number of amides is 1. The Bertz CT molecular complexity index is 407. The predicted molar refractivity (Wildman–Crippen MR) is 66.6 cm³/mol. The van der Waals surface area contributed by atoms with Crippen molar-refractivity contribution in [1.29, 1.82) is 0 Å². The first-order valence-electron chi connectivity index (χ1n) is 5.72. The first-order chi connectivity index (χ1) is 8.06. The van der Waals surface area contributed by atoms with Gasteiger partial charge in [0.2, 0.25) is 5.91 Å². The van der Waals surface area contributed by atoms with Crippen molar-refractivity contribution in [3.05, 3.63) is 11.1 Å². The lowest BCUT2D eigenvalue weighted by Crippen LogP contribution is -2.45. The Balaban J connectivity index is 1.92. The van der Waals surface area contributed by atoms with Crippen molar-refractivity contribution in [2.45, 2.75) is 25.9 Å². The van der Waals surface area contributed by atoms with Crippen molar-refractivity contribution in [3.8, 4) is 0 Å². The number of aliphatic hydroxyl groups is 1. The van der Waals surface area contributed by atoms with Gasteiger partial charge in [-0.2, -0.15) is 0 Å². The number of thiazole rings is 1. The van der Waals surface area contributed by atoms with E-state index in [2.05, 4.69) is 4.98 Å². The average Bonchev–Trinajstić information content (AvgIpc) is 2.68. The van der Waals surface area contributed by atoms with E-state index in [1.54, 1.807) is 4.90 Å². The number of anilines is 1. The van der Waals surface area contributed by atoms with E-state index in [1.165, 1.54) is 11.3 Å². The lowest BCUT2D eigenvalue weighted by Gasteiger charge is -2.34. The summed E-state index contributed by atoms with van der Waals surface area (Å²) in [7, 11) is 0. The maximum absolute atomic E-state index is 12.0. The molecule has 1 aliphatic heterocycles. The van der Waals surface area contributed by atoms with E-state index in [0.29, 0.717) is 31.1 Å². The smallest absolute Gasteiger partial charge is 0.228 e. The topological polar surface area (TPSA) is 79.5 Å². The van der Waals surface area contributed by atoms with Crippen molar-refractivity contribution < 1.29 is 9.90 Å². The van der Waals surface area contributed by atoms with Gasteiger partial charge in [0, 0.05) is 18.5 Å². The fourth-order valence-electron chi connectivity index (χ4n) is 2.03. The van der Waals surface area contributed by atoms with Crippen molar-refractivity contribution in [2.24, 2.45) is 5.92 Å². The molecule has 5 nitrogen and oxygen atoms in total. The fourth-order valence-corrected chi connectivity index (χ4v) is 2.59. The van der Waals surface area contributed by atoms with Gasteiger partial charge >= 0.3 is 0 Å². The number of carbonyl (C=O) groups excluding carboxylic acids is 1. The van der Waals surface area contributed by atoms with Crippen molar-refractivity contribution in [2.75, 3.05) is 18.8 Å². The number of aromatic nitrogens is 1. The number of aliphatic hydroxyl groups excluding tert-OH is 1. The molecule has 1 saturated heterocycles. The van der Waals surface area contributed by atoms with Crippen LogP contribution >= 0.6 is 11.3 Å². The second kappa shape index (κ2) is 5.01. The van der Waals surface area contributed by atoms with Crippen LogP contribution in [0.2, 0.25) is 0 Å². The number of hydrogen-bond donors (Lipinski definition) is 2. The normalized spacial score (nSPS) is 24.9. The van der Waals surface area contributed by atoms with Gasteiger partial charge in [0.15, 0.2) is 5.13 Å². The SMILES string of the molecule is CC1CN(C(=O)Cc2csc(N)n2)CCC1O. The van der Waals surface area contributed by atoms with Gasteiger partial charge < -0.3 is 15.7 Å². The maximum Gasteiger partial charge on any atom is 0.228 e. The van der Waals surface area contributed by atoms with Crippen molar-refractivity contribution in [3.63, 3.8) is 0 Å². The standard InChI is InChI=1S/C11H17N3O2S/c1-7-5-14(3-2-9(7)15)10(16)4-8-6-17-11(12)13-8/h6-7,9,15H,2-5H2,1H3,(H2,12,13). The van der Waals surface area contributed by atoms with E-state index >= 15 is 0 Å². The molecule has 2 atom stereocenters. The number of rotatable bonds is 2. The van der Waals surface area contributed by atoms with Crippen LogP contribution in [0, 0.1) is 5.92 Å². The molecule has 17 heavy (non-hydrogen) atoms. The Morgan fingerprint density at radius 1 is 1.76 bits per heavy atom. The summed E-state index contributed by atoms with van der Waals surface area (Å²) in [6.07, 6.45) is 0.678. The highest BCUT2D eigenvalue weighted by atomic mass is 32.1. The first kappa shape index (κ1) is 12.3. The molecule has 2 rings (SSSR count). The van der Waals surface area contributed by atoms with Gasteiger partial charge in [-0.25, -0.2) is 4.98 Å². The van der Waals surface area contributed by atoms with Crippen LogP contribution in [0.1, 0.15) is 19.0 Å². The average molecular weight is 255 g/mol. The van der Waals surface area contributed by atoms with Crippen LogP contribution in [0.3, 0.4) is 0 Å². The molecule has 0 saturated carbocycles. The number of likely N-dealkylation sites (tertiary alicyclic amines) is 1. The van der Waals surface area contributed by atoms with Crippen LogP contribution in [0.25, 0.3) is 0 Å². The van der Waals surface area contributed by atoms with Crippen LogP contribution in [0.4, 0.5) is 5.13 Å². The third-order valence-electron chi connectivity index (χ3n) is 3.11. The minimum absolute atomic E-state index is 0.0639. The van der Waals surface area contributed by atoms with Gasteiger partial charge in [0.25, 0.3) is 0 Å². The summed E-state index contributed by atoms with van der Waals surface area (Å²) in [4.78, 5) is 17.9. The summed E-state index contributed by atoms with van der Waals surface area (Å²) in [5.74, 6) is 0.210. The Labute approximate surface area is 104 Å². The molecular weight excluding hydrogens is 238 g/mol. The molecular formula is C11H17N3O2S. The zero-order valence-electron chi connectivity index (χ0n) is 9.80. The van der Waals surface area contributed by atoms with Crippen molar-refractivity contribution in [1.82, 2.24) is 9.88 Å². The molecule has 1 fully saturated rings. The number of hydrogen-bond acceptors (Lipinski definition) is 5. The molecule has 6 heteroatoms. The second-order valence-corrected chi connectivity index (χ2v) is 5.42.